The van der Waals surface area contributed by atoms with Crippen LogP contribution in [0.1, 0.15) is 60.7 Å². The first-order valence-corrected chi connectivity index (χ1v) is 11.2. The second kappa shape index (κ2) is 8.21. The number of benzene rings is 1. The largest absolute Gasteiger partial charge is 0.497 e. The third-order valence-corrected chi connectivity index (χ3v) is 6.57. The Hall–Kier alpha value is -3.09. The van der Waals surface area contributed by atoms with Crippen molar-refractivity contribution >= 4 is 16.8 Å². The number of hydrogen-bond acceptors (Lipinski definition) is 4. The third kappa shape index (κ3) is 3.84. The molecule has 0 saturated heterocycles. The molecule has 0 saturated carbocycles. The SMILES string of the molecule is COc1ccc2[nH]c3c(c2c1)CCC[C@H]3NC(=O)Cn1nc2c(cc1=O)CCCCC2. The Morgan fingerprint density at radius 3 is 2.94 bits per heavy atom. The lowest BCUT2D eigenvalue weighted by molar-refractivity contribution is -0.122. The number of carbonyl (C=O) groups is 1. The molecule has 0 bridgehead atoms. The first-order chi connectivity index (χ1) is 15.1. The summed E-state index contributed by atoms with van der Waals surface area (Å²) in [5.41, 5.74) is 5.17. The highest BCUT2D eigenvalue weighted by Crippen LogP contribution is 2.36. The summed E-state index contributed by atoms with van der Waals surface area (Å²) in [7, 11) is 1.67. The topological polar surface area (TPSA) is 89.0 Å². The van der Waals surface area contributed by atoms with Crippen LogP contribution in [0.3, 0.4) is 0 Å². The standard InChI is InChI=1S/C24H28N4O3/c1-31-16-10-11-20-18(13-16)17-7-5-9-21(24(17)26-20)25-22(29)14-28-23(30)12-15-6-3-2-4-8-19(15)27-28/h10-13,21,26H,2-9,14H2,1H3,(H,25,29)/t21-/m1/s1. The minimum atomic E-state index is -0.196. The summed E-state index contributed by atoms with van der Waals surface area (Å²) in [5.74, 6) is 0.645. The van der Waals surface area contributed by atoms with E-state index in [2.05, 4.69) is 15.4 Å². The van der Waals surface area contributed by atoms with Gasteiger partial charge in [0.25, 0.3) is 5.56 Å². The number of aromatic nitrogens is 3. The highest BCUT2D eigenvalue weighted by atomic mass is 16.5. The van der Waals surface area contributed by atoms with Gasteiger partial charge in [-0.3, -0.25) is 9.59 Å². The fourth-order valence-electron chi connectivity index (χ4n) is 4.98. The van der Waals surface area contributed by atoms with Gasteiger partial charge in [-0.15, -0.1) is 0 Å². The van der Waals surface area contributed by atoms with Crippen LogP contribution in [0.5, 0.6) is 5.75 Å². The number of aromatic amines is 1. The summed E-state index contributed by atoms with van der Waals surface area (Å²) < 4.78 is 6.69. The van der Waals surface area contributed by atoms with Gasteiger partial charge in [0.2, 0.25) is 5.91 Å². The number of methoxy groups -OCH3 is 1. The van der Waals surface area contributed by atoms with Crippen molar-refractivity contribution in [1.29, 1.82) is 0 Å². The maximum Gasteiger partial charge on any atom is 0.267 e. The van der Waals surface area contributed by atoms with E-state index in [0.717, 1.165) is 85.0 Å². The van der Waals surface area contributed by atoms with E-state index < -0.39 is 0 Å². The summed E-state index contributed by atoms with van der Waals surface area (Å²) in [6, 6.07) is 7.59. The smallest absolute Gasteiger partial charge is 0.267 e. The monoisotopic (exact) mass is 420 g/mol. The van der Waals surface area contributed by atoms with Crippen LogP contribution in [0.25, 0.3) is 10.9 Å². The Morgan fingerprint density at radius 2 is 2.06 bits per heavy atom. The molecule has 7 heteroatoms. The molecule has 1 aromatic carbocycles. The van der Waals surface area contributed by atoms with Crippen LogP contribution in [0.2, 0.25) is 0 Å². The van der Waals surface area contributed by atoms with E-state index >= 15 is 0 Å². The molecule has 162 valence electrons. The molecular weight excluding hydrogens is 392 g/mol. The van der Waals surface area contributed by atoms with Crippen LogP contribution in [0.15, 0.2) is 29.1 Å². The Kier molecular flexibility index (Phi) is 5.26. The molecule has 2 aromatic heterocycles. The van der Waals surface area contributed by atoms with Gasteiger partial charge in [0.1, 0.15) is 12.3 Å². The van der Waals surface area contributed by atoms with Crippen LogP contribution in [-0.2, 0) is 30.6 Å². The number of aryl methyl sites for hydroxylation is 3. The number of fused-ring (bicyclic) bond motifs is 4. The van der Waals surface area contributed by atoms with Gasteiger partial charge >= 0.3 is 0 Å². The molecule has 0 spiro atoms. The Labute approximate surface area is 180 Å². The summed E-state index contributed by atoms with van der Waals surface area (Å²) in [6.45, 7) is -0.0496. The van der Waals surface area contributed by atoms with Crippen molar-refractivity contribution in [2.75, 3.05) is 7.11 Å². The molecule has 0 aliphatic heterocycles. The fraction of sp³-hybridized carbons (Fsp3) is 0.458. The summed E-state index contributed by atoms with van der Waals surface area (Å²) in [5, 5.41) is 8.81. The van der Waals surface area contributed by atoms with E-state index in [1.165, 1.54) is 10.2 Å². The summed E-state index contributed by atoms with van der Waals surface area (Å²) >= 11 is 0. The second-order valence-electron chi connectivity index (χ2n) is 8.61. The van der Waals surface area contributed by atoms with Crippen LogP contribution < -0.4 is 15.6 Å². The van der Waals surface area contributed by atoms with Gasteiger partial charge < -0.3 is 15.0 Å². The lowest BCUT2D eigenvalue weighted by Crippen LogP contribution is -2.37. The average molecular weight is 421 g/mol. The quantitative estimate of drug-likeness (QED) is 0.635. The Bertz CT molecular complexity index is 1190. The van der Waals surface area contributed by atoms with Crippen LogP contribution in [0.4, 0.5) is 0 Å². The van der Waals surface area contributed by atoms with Crippen LogP contribution in [-0.4, -0.2) is 27.8 Å². The minimum Gasteiger partial charge on any atom is -0.497 e. The van der Waals surface area contributed by atoms with Gasteiger partial charge in [0.05, 0.1) is 18.8 Å². The lowest BCUT2D eigenvalue weighted by Gasteiger charge is -2.24. The van der Waals surface area contributed by atoms with E-state index in [1.54, 1.807) is 13.2 Å². The molecule has 0 unspecified atom stereocenters. The molecule has 1 atom stereocenters. The van der Waals surface area contributed by atoms with Crippen molar-refractivity contribution in [2.24, 2.45) is 0 Å². The van der Waals surface area contributed by atoms with Gasteiger partial charge in [-0.2, -0.15) is 5.10 Å². The van der Waals surface area contributed by atoms with Crippen molar-refractivity contribution in [3.05, 3.63) is 57.1 Å². The first-order valence-electron chi connectivity index (χ1n) is 11.2. The number of amides is 1. The number of carbonyl (C=O) groups excluding carboxylic acids is 1. The molecule has 0 radical (unpaired) electrons. The molecular formula is C24H28N4O3. The summed E-state index contributed by atoms with van der Waals surface area (Å²) in [4.78, 5) is 28.9. The second-order valence-corrected chi connectivity index (χ2v) is 8.61. The number of hydrogen-bond donors (Lipinski definition) is 2. The zero-order valence-electron chi connectivity index (χ0n) is 17.9. The summed E-state index contributed by atoms with van der Waals surface area (Å²) in [6.07, 6.45) is 7.96. The van der Waals surface area contributed by atoms with Gasteiger partial charge in [-0.25, -0.2) is 4.68 Å². The molecule has 5 rings (SSSR count). The zero-order chi connectivity index (χ0) is 21.4. The molecule has 2 aliphatic rings. The predicted molar refractivity (Wildman–Crippen MR) is 118 cm³/mol. The molecule has 3 aromatic rings. The molecule has 31 heavy (non-hydrogen) atoms. The highest BCUT2D eigenvalue weighted by Gasteiger charge is 2.26. The van der Waals surface area contributed by atoms with Crippen molar-refractivity contribution in [2.45, 2.75) is 64.0 Å². The fourth-order valence-corrected chi connectivity index (χ4v) is 4.98. The van der Waals surface area contributed by atoms with E-state index in [0.29, 0.717) is 0 Å². The molecule has 2 aliphatic carbocycles. The van der Waals surface area contributed by atoms with Crippen molar-refractivity contribution in [3.63, 3.8) is 0 Å². The number of nitrogens with zero attached hydrogens (tertiary/aromatic N) is 2. The van der Waals surface area contributed by atoms with Gasteiger partial charge in [-0.1, -0.05) is 6.42 Å². The van der Waals surface area contributed by atoms with Crippen molar-refractivity contribution in [1.82, 2.24) is 20.1 Å². The zero-order valence-corrected chi connectivity index (χ0v) is 17.9. The van der Waals surface area contributed by atoms with Gasteiger partial charge in [-0.05, 0) is 74.3 Å². The number of rotatable bonds is 4. The van der Waals surface area contributed by atoms with Crippen molar-refractivity contribution < 1.29 is 9.53 Å². The van der Waals surface area contributed by atoms with Crippen LogP contribution >= 0.6 is 0 Å². The molecule has 7 nitrogen and oxygen atoms in total. The predicted octanol–water partition coefficient (Wildman–Crippen LogP) is 3.20. The van der Waals surface area contributed by atoms with Gasteiger partial charge in [0.15, 0.2) is 0 Å². The third-order valence-electron chi connectivity index (χ3n) is 6.57. The molecule has 1 amide bonds. The number of nitrogens with one attached hydrogen (secondary N) is 2. The normalized spacial score (nSPS) is 18.2. The number of ether oxygens (including phenoxy) is 1. The molecule has 0 fully saturated rings. The molecule has 2 heterocycles. The minimum absolute atomic E-state index is 0.0496. The van der Waals surface area contributed by atoms with Crippen molar-refractivity contribution in [3.8, 4) is 5.75 Å². The van der Waals surface area contributed by atoms with E-state index in [-0.39, 0.29) is 24.1 Å². The Morgan fingerprint density at radius 1 is 1.19 bits per heavy atom. The van der Waals surface area contributed by atoms with Crippen LogP contribution in [0, 0.1) is 0 Å². The maximum absolute atomic E-state index is 12.8. The first kappa shape index (κ1) is 19.8. The highest BCUT2D eigenvalue weighted by molar-refractivity contribution is 5.87. The van der Waals surface area contributed by atoms with E-state index in [1.807, 2.05) is 18.2 Å². The molecule has 2 N–H and O–H groups in total. The average Bonchev–Trinajstić information content (AvgIpc) is 2.99. The maximum atomic E-state index is 12.8. The van der Waals surface area contributed by atoms with Gasteiger partial charge in [0, 0.05) is 22.7 Å². The lowest BCUT2D eigenvalue weighted by atomic mass is 9.91. The number of H-pyrrole nitrogens is 1. The van der Waals surface area contributed by atoms with E-state index in [4.69, 9.17) is 4.74 Å². The van der Waals surface area contributed by atoms with E-state index in [9.17, 15) is 9.59 Å². The Balaban J connectivity index is 1.36.